The Kier molecular flexibility index (Phi) is 3.11. The molecule has 1 amide bonds. The molecule has 21 heavy (non-hydrogen) atoms. The summed E-state index contributed by atoms with van der Waals surface area (Å²) in [5.41, 5.74) is 0.810. The van der Waals surface area contributed by atoms with E-state index in [-0.39, 0.29) is 5.41 Å². The van der Waals surface area contributed by atoms with Gasteiger partial charge in [0.05, 0.1) is 5.41 Å². The van der Waals surface area contributed by atoms with E-state index in [1.165, 1.54) is 32.1 Å². The third kappa shape index (κ3) is 2.48. The summed E-state index contributed by atoms with van der Waals surface area (Å²) in [5.74, 6) is 1.97. The maximum atomic E-state index is 13.0. The first-order valence-corrected chi connectivity index (χ1v) is 9.66. The standard InChI is InChI=1S/C18H28BrNO/c1-16-5-12-6-17(2,9-16)11-18(7-12,10-16)15(21)20-8-14(19)13-3-4-13/h12-14H,3-11H2,1-2H3,(H,20,21). The molecule has 2 nitrogen and oxygen atoms in total. The Morgan fingerprint density at radius 1 is 1.14 bits per heavy atom. The summed E-state index contributed by atoms with van der Waals surface area (Å²) in [6.07, 6.45) is 10.1. The molecule has 0 spiro atoms. The van der Waals surface area contributed by atoms with Gasteiger partial charge in [0, 0.05) is 11.4 Å². The lowest BCUT2D eigenvalue weighted by Gasteiger charge is -2.64. The third-order valence-corrected chi connectivity index (χ3v) is 7.77. The number of alkyl halides is 1. The fourth-order valence-electron chi connectivity index (χ4n) is 6.70. The molecule has 5 fully saturated rings. The lowest BCUT2D eigenvalue weighted by atomic mass is 9.40. The van der Waals surface area contributed by atoms with Crippen molar-refractivity contribution in [3.05, 3.63) is 0 Å². The Morgan fingerprint density at radius 2 is 1.76 bits per heavy atom. The number of carbonyl (C=O) groups excluding carboxylic acids is 1. The molecule has 3 atom stereocenters. The van der Waals surface area contributed by atoms with Gasteiger partial charge in [0.1, 0.15) is 0 Å². The van der Waals surface area contributed by atoms with E-state index in [4.69, 9.17) is 0 Å². The average Bonchev–Trinajstić information content (AvgIpc) is 3.14. The van der Waals surface area contributed by atoms with Crippen molar-refractivity contribution in [2.45, 2.75) is 70.0 Å². The van der Waals surface area contributed by atoms with Crippen LogP contribution in [0.3, 0.4) is 0 Å². The zero-order valence-electron chi connectivity index (χ0n) is 13.4. The highest BCUT2D eigenvalue weighted by Crippen LogP contribution is 2.69. The largest absolute Gasteiger partial charge is 0.354 e. The van der Waals surface area contributed by atoms with Crippen LogP contribution in [0.5, 0.6) is 0 Å². The van der Waals surface area contributed by atoms with Gasteiger partial charge in [-0.3, -0.25) is 4.79 Å². The number of halogens is 1. The fraction of sp³-hybridized carbons (Fsp3) is 0.944. The summed E-state index contributed by atoms with van der Waals surface area (Å²) in [7, 11) is 0. The molecule has 118 valence electrons. The second-order valence-electron chi connectivity index (χ2n) is 9.47. The Balaban J connectivity index is 1.49. The van der Waals surface area contributed by atoms with Gasteiger partial charge in [0.15, 0.2) is 0 Å². The number of nitrogens with one attached hydrogen (secondary N) is 1. The third-order valence-electron chi connectivity index (χ3n) is 6.70. The van der Waals surface area contributed by atoms with E-state index in [1.54, 1.807) is 0 Å². The van der Waals surface area contributed by atoms with Gasteiger partial charge in [0.2, 0.25) is 5.91 Å². The molecule has 0 aromatic heterocycles. The molecule has 0 heterocycles. The predicted octanol–water partition coefficient (Wildman–Crippen LogP) is 4.27. The summed E-state index contributed by atoms with van der Waals surface area (Å²) < 4.78 is 0. The molecule has 5 aliphatic carbocycles. The molecule has 0 aromatic rings. The van der Waals surface area contributed by atoms with Crippen LogP contribution in [-0.4, -0.2) is 17.3 Å². The zero-order valence-corrected chi connectivity index (χ0v) is 15.0. The molecule has 1 N–H and O–H groups in total. The minimum absolute atomic E-state index is 0.0425. The van der Waals surface area contributed by atoms with Gasteiger partial charge in [-0.15, -0.1) is 0 Å². The lowest BCUT2D eigenvalue weighted by molar-refractivity contribution is -0.170. The van der Waals surface area contributed by atoms with Crippen molar-refractivity contribution in [1.82, 2.24) is 5.32 Å². The Labute approximate surface area is 136 Å². The molecule has 5 aliphatic rings. The second kappa shape index (κ2) is 4.49. The Bertz CT molecular complexity index is 454. The minimum Gasteiger partial charge on any atom is -0.354 e. The van der Waals surface area contributed by atoms with Gasteiger partial charge in [-0.25, -0.2) is 0 Å². The topological polar surface area (TPSA) is 29.1 Å². The van der Waals surface area contributed by atoms with E-state index in [2.05, 4.69) is 35.1 Å². The van der Waals surface area contributed by atoms with Crippen LogP contribution in [0.15, 0.2) is 0 Å². The molecule has 3 unspecified atom stereocenters. The van der Waals surface area contributed by atoms with E-state index >= 15 is 0 Å². The van der Waals surface area contributed by atoms with E-state index in [0.717, 1.165) is 37.6 Å². The molecule has 0 saturated heterocycles. The molecule has 3 heteroatoms. The van der Waals surface area contributed by atoms with Gasteiger partial charge in [-0.2, -0.15) is 0 Å². The number of rotatable bonds is 4. The predicted molar refractivity (Wildman–Crippen MR) is 88.3 cm³/mol. The van der Waals surface area contributed by atoms with Crippen LogP contribution >= 0.6 is 15.9 Å². The van der Waals surface area contributed by atoms with Crippen LogP contribution in [0.4, 0.5) is 0 Å². The van der Waals surface area contributed by atoms with E-state index < -0.39 is 0 Å². The van der Waals surface area contributed by atoms with Crippen molar-refractivity contribution in [1.29, 1.82) is 0 Å². The summed E-state index contributed by atoms with van der Waals surface area (Å²) in [6, 6.07) is 0. The van der Waals surface area contributed by atoms with Crippen molar-refractivity contribution >= 4 is 21.8 Å². The van der Waals surface area contributed by atoms with Crippen LogP contribution in [0.25, 0.3) is 0 Å². The molecule has 5 saturated carbocycles. The van der Waals surface area contributed by atoms with Crippen LogP contribution < -0.4 is 5.32 Å². The molecular weight excluding hydrogens is 326 g/mol. The van der Waals surface area contributed by atoms with Gasteiger partial charge in [-0.1, -0.05) is 29.8 Å². The highest BCUT2D eigenvalue weighted by Gasteiger charge is 2.62. The number of amides is 1. The normalized spacial score (nSPS) is 49.2. The lowest BCUT2D eigenvalue weighted by Crippen LogP contribution is -2.60. The van der Waals surface area contributed by atoms with E-state index in [1.807, 2.05) is 0 Å². The van der Waals surface area contributed by atoms with Gasteiger partial charge in [-0.05, 0) is 74.0 Å². The first kappa shape index (κ1) is 14.5. The van der Waals surface area contributed by atoms with Crippen molar-refractivity contribution in [2.75, 3.05) is 6.54 Å². The Morgan fingerprint density at radius 3 is 2.29 bits per heavy atom. The average molecular weight is 354 g/mol. The summed E-state index contributed by atoms with van der Waals surface area (Å²) in [6.45, 7) is 5.70. The molecule has 0 aliphatic heterocycles. The highest BCUT2D eigenvalue weighted by molar-refractivity contribution is 9.09. The minimum atomic E-state index is -0.0425. The SMILES string of the molecule is CC12CC3CC(C)(C1)CC(C(=O)NCC(Br)C1CC1)(C3)C2. The quantitative estimate of drug-likeness (QED) is 0.751. The number of carbonyl (C=O) groups is 1. The first-order chi connectivity index (χ1) is 9.82. The van der Waals surface area contributed by atoms with Crippen molar-refractivity contribution in [3.8, 4) is 0 Å². The fourth-order valence-corrected chi connectivity index (χ4v) is 7.39. The van der Waals surface area contributed by atoms with Gasteiger partial charge < -0.3 is 5.32 Å². The van der Waals surface area contributed by atoms with Crippen molar-refractivity contribution in [3.63, 3.8) is 0 Å². The number of hydrogen-bond acceptors (Lipinski definition) is 1. The van der Waals surface area contributed by atoms with Crippen LogP contribution in [0, 0.1) is 28.1 Å². The summed E-state index contributed by atoms with van der Waals surface area (Å²) >= 11 is 3.75. The molecular formula is C18H28BrNO. The van der Waals surface area contributed by atoms with Crippen LogP contribution in [-0.2, 0) is 4.79 Å². The maximum absolute atomic E-state index is 13.0. The smallest absolute Gasteiger partial charge is 0.226 e. The highest BCUT2D eigenvalue weighted by atomic mass is 79.9. The number of hydrogen-bond donors (Lipinski definition) is 1. The zero-order chi connectivity index (χ0) is 14.9. The van der Waals surface area contributed by atoms with Gasteiger partial charge in [0.25, 0.3) is 0 Å². The van der Waals surface area contributed by atoms with E-state index in [9.17, 15) is 4.79 Å². The molecule has 5 rings (SSSR count). The summed E-state index contributed by atoms with van der Waals surface area (Å²) in [4.78, 5) is 13.5. The second-order valence-corrected chi connectivity index (χ2v) is 10.6. The summed E-state index contributed by atoms with van der Waals surface area (Å²) in [5, 5.41) is 3.31. The van der Waals surface area contributed by atoms with E-state index in [0.29, 0.717) is 21.6 Å². The van der Waals surface area contributed by atoms with Crippen LogP contribution in [0.1, 0.15) is 65.2 Å². The maximum Gasteiger partial charge on any atom is 0.226 e. The van der Waals surface area contributed by atoms with Crippen LogP contribution in [0.2, 0.25) is 0 Å². The van der Waals surface area contributed by atoms with Gasteiger partial charge >= 0.3 is 0 Å². The molecule has 4 bridgehead atoms. The monoisotopic (exact) mass is 353 g/mol. The van der Waals surface area contributed by atoms with Crippen molar-refractivity contribution in [2.24, 2.45) is 28.1 Å². The molecule has 0 aromatic carbocycles. The Hall–Kier alpha value is -0.0500. The molecule has 0 radical (unpaired) electrons. The first-order valence-electron chi connectivity index (χ1n) is 8.74. The van der Waals surface area contributed by atoms with Crippen molar-refractivity contribution < 1.29 is 4.79 Å².